The van der Waals surface area contributed by atoms with E-state index in [4.69, 9.17) is 5.73 Å². The molecule has 0 spiro atoms. The second kappa shape index (κ2) is 9.90. The van der Waals surface area contributed by atoms with Gasteiger partial charge in [0.2, 0.25) is 0 Å². The maximum atomic E-state index is 5.90. The fraction of sp³-hybridized carbons (Fsp3) is 0.750. The maximum absolute atomic E-state index is 5.90. The summed E-state index contributed by atoms with van der Waals surface area (Å²) in [6.45, 7) is 4.27. The lowest BCUT2D eigenvalue weighted by atomic mass is 10.1. The minimum atomic E-state index is 0.0551. The fourth-order valence-electron chi connectivity index (χ4n) is 2.39. The monoisotopic (exact) mass is 265 g/mol. The van der Waals surface area contributed by atoms with Gasteiger partial charge in [0.25, 0.3) is 0 Å². The number of rotatable bonds is 10. The van der Waals surface area contributed by atoms with Gasteiger partial charge in [-0.2, -0.15) is 0 Å². The van der Waals surface area contributed by atoms with E-state index >= 15 is 0 Å². The van der Waals surface area contributed by atoms with Gasteiger partial charge in [0, 0.05) is 12.4 Å². The van der Waals surface area contributed by atoms with E-state index in [0.717, 1.165) is 0 Å². The van der Waals surface area contributed by atoms with Crippen LogP contribution in [0.4, 0.5) is 0 Å². The number of nitrogens with zero attached hydrogens (tertiary/aromatic N) is 1. The van der Waals surface area contributed by atoms with Gasteiger partial charge in [0.1, 0.15) is 6.17 Å². The number of nitrogens with two attached hydrogens (primary N) is 1. The summed E-state index contributed by atoms with van der Waals surface area (Å²) in [5, 5.41) is 3.29. The highest BCUT2D eigenvalue weighted by molar-refractivity contribution is 5.05. The molecule has 0 fully saturated rings. The van der Waals surface area contributed by atoms with Gasteiger partial charge in [-0.25, -0.2) is 0 Å². The Morgan fingerprint density at radius 1 is 1.21 bits per heavy atom. The molecule has 1 heterocycles. The molecule has 3 N–H and O–H groups in total. The van der Waals surface area contributed by atoms with Crippen LogP contribution in [0.25, 0.3) is 0 Å². The molecule has 0 amide bonds. The molecule has 0 aromatic heterocycles. The zero-order valence-corrected chi connectivity index (χ0v) is 12.6. The van der Waals surface area contributed by atoms with Crippen LogP contribution < -0.4 is 11.1 Å². The largest absolute Gasteiger partial charge is 0.367 e. The van der Waals surface area contributed by atoms with E-state index < -0.39 is 0 Å². The summed E-state index contributed by atoms with van der Waals surface area (Å²) in [7, 11) is 0. The van der Waals surface area contributed by atoms with Crippen LogP contribution in [0.5, 0.6) is 0 Å². The summed E-state index contributed by atoms with van der Waals surface area (Å²) in [4.78, 5) is 2.13. The second-order valence-corrected chi connectivity index (χ2v) is 5.45. The minimum Gasteiger partial charge on any atom is -0.367 e. The first-order valence-electron chi connectivity index (χ1n) is 7.88. The summed E-state index contributed by atoms with van der Waals surface area (Å²) >= 11 is 0. The van der Waals surface area contributed by atoms with Gasteiger partial charge in [-0.05, 0) is 25.8 Å². The molecule has 2 unspecified atom stereocenters. The van der Waals surface area contributed by atoms with Crippen LogP contribution in [-0.2, 0) is 0 Å². The first-order valence-corrected chi connectivity index (χ1v) is 7.88. The highest BCUT2D eigenvalue weighted by atomic mass is 15.3. The van der Waals surface area contributed by atoms with Gasteiger partial charge in [-0.1, -0.05) is 51.5 Å². The molecule has 1 rings (SSSR count). The van der Waals surface area contributed by atoms with Crippen LogP contribution in [0.2, 0.25) is 0 Å². The van der Waals surface area contributed by atoms with E-state index in [0.29, 0.717) is 0 Å². The number of nitrogens with one attached hydrogen (secondary N) is 1. The predicted octanol–water partition coefficient (Wildman–Crippen LogP) is 3.69. The van der Waals surface area contributed by atoms with Crippen molar-refractivity contribution in [1.29, 1.82) is 0 Å². The van der Waals surface area contributed by atoms with Crippen molar-refractivity contribution in [3.63, 3.8) is 0 Å². The molecule has 3 nitrogen and oxygen atoms in total. The molecular weight excluding hydrogens is 234 g/mol. The Bertz CT molecular complexity index is 271. The smallest absolute Gasteiger partial charge is 0.119 e. The van der Waals surface area contributed by atoms with Crippen LogP contribution in [0.1, 0.15) is 65.2 Å². The molecule has 3 heteroatoms. The van der Waals surface area contributed by atoms with Crippen molar-refractivity contribution in [3.8, 4) is 0 Å². The third-order valence-corrected chi connectivity index (χ3v) is 3.60. The zero-order valence-electron chi connectivity index (χ0n) is 12.6. The Kier molecular flexibility index (Phi) is 8.39. The van der Waals surface area contributed by atoms with Gasteiger partial charge < -0.3 is 16.0 Å². The van der Waals surface area contributed by atoms with Crippen molar-refractivity contribution in [2.75, 3.05) is 0 Å². The van der Waals surface area contributed by atoms with Crippen LogP contribution in [0.3, 0.4) is 0 Å². The van der Waals surface area contributed by atoms with Crippen LogP contribution in [0, 0.1) is 0 Å². The number of unbranched alkanes of at least 4 members (excludes halogenated alkanes) is 7. The minimum absolute atomic E-state index is 0.0551. The molecule has 0 bridgehead atoms. The topological polar surface area (TPSA) is 41.3 Å². The summed E-state index contributed by atoms with van der Waals surface area (Å²) in [6.07, 6.45) is 19.6. The Hall–Kier alpha value is -0.960. The molecule has 19 heavy (non-hydrogen) atoms. The van der Waals surface area contributed by atoms with E-state index in [1.807, 2.05) is 19.3 Å². The van der Waals surface area contributed by atoms with E-state index in [9.17, 15) is 0 Å². The molecule has 0 radical (unpaired) electrons. The highest BCUT2D eigenvalue weighted by Crippen LogP contribution is 2.11. The molecule has 1 aliphatic rings. The highest BCUT2D eigenvalue weighted by Gasteiger charge is 2.17. The van der Waals surface area contributed by atoms with Gasteiger partial charge in [-0.3, -0.25) is 0 Å². The average molecular weight is 265 g/mol. The number of hydrogen-bond donors (Lipinski definition) is 2. The Morgan fingerprint density at radius 2 is 1.89 bits per heavy atom. The summed E-state index contributed by atoms with van der Waals surface area (Å²) in [5.74, 6) is 0. The van der Waals surface area contributed by atoms with Gasteiger partial charge in [0.05, 0.1) is 6.17 Å². The third-order valence-electron chi connectivity index (χ3n) is 3.60. The first kappa shape index (κ1) is 16.1. The standard InChI is InChI=1S/C16H31N3/c1-3-4-5-6-7-8-9-10-11-12-16-18-13-14-19(16)15(2)17/h11-16,18H,3-10,17H2,1-2H3/b12-11+. The first-order chi connectivity index (χ1) is 9.25. The fourth-order valence-corrected chi connectivity index (χ4v) is 2.39. The Morgan fingerprint density at radius 3 is 2.58 bits per heavy atom. The number of hydrogen-bond acceptors (Lipinski definition) is 3. The average Bonchev–Trinajstić information content (AvgIpc) is 2.85. The number of allylic oxidation sites excluding steroid dienone is 1. The zero-order chi connectivity index (χ0) is 13.9. The van der Waals surface area contributed by atoms with Crippen molar-refractivity contribution >= 4 is 0 Å². The van der Waals surface area contributed by atoms with Crippen LogP contribution in [0.15, 0.2) is 24.6 Å². The van der Waals surface area contributed by atoms with Gasteiger partial charge >= 0.3 is 0 Å². The van der Waals surface area contributed by atoms with Crippen molar-refractivity contribution in [2.45, 2.75) is 77.5 Å². The second-order valence-electron chi connectivity index (χ2n) is 5.45. The Labute approximate surface area is 118 Å². The molecule has 0 aromatic carbocycles. The van der Waals surface area contributed by atoms with E-state index in [-0.39, 0.29) is 12.3 Å². The van der Waals surface area contributed by atoms with Crippen molar-refractivity contribution in [2.24, 2.45) is 5.73 Å². The molecule has 110 valence electrons. The molecule has 1 aliphatic heterocycles. The quantitative estimate of drug-likeness (QED) is 0.467. The molecule has 0 saturated carbocycles. The molecule has 2 atom stereocenters. The molecule has 0 aliphatic carbocycles. The van der Waals surface area contributed by atoms with Crippen molar-refractivity contribution < 1.29 is 0 Å². The molecule has 0 saturated heterocycles. The van der Waals surface area contributed by atoms with Gasteiger partial charge in [-0.15, -0.1) is 0 Å². The third kappa shape index (κ3) is 6.67. The van der Waals surface area contributed by atoms with Crippen molar-refractivity contribution in [3.05, 3.63) is 24.6 Å². The van der Waals surface area contributed by atoms with E-state index in [1.54, 1.807) is 0 Å². The molecule has 0 aromatic rings. The van der Waals surface area contributed by atoms with Gasteiger partial charge in [0.15, 0.2) is 0 Å². The lowest BCUT2D eigenvalue weighted by molar-refractivity contribution is 0.259. The SMILES string of the molecule is CCCCCCCCC/C=C/C1NC=CN1C(C)N. The van der Waals surface area contributed by atoms with Crippen LogP contribution in [-0.4, -0.2) is 17.2 Å². The summed E-state index contributed by atoms with van der Waals surface area (Å²) in [6, 6.07) is 0. The van der Waals surface area contributed by atoms with Crippen LogP contribution >= 0.6 is 0 Å². The Balaban J connectivity index is 2.01. The lowest BCUT2D eigenvalue weighted by Crippen LogP contribution is -2.43. The maximum Gasteiger partial charge on any atom is 0.119 e. The normalized spacial score (nSPS) is 20.2. The molecular formula is C16H31N3. The summed E-state index contributed by atoms with van der Waals surface area (Å²) < 4.78 is 0. The van der Waals surface area contributed by atoms with Crippen molar-refractivity contribution in [1.82, 2.24) is 10.2 Å². The predicted molar refractivity (Wildman–Crippen MR) is 83.3 cm³/mol. The summed E-state index contributed by atoms with van der Waals surface area (Å²) in [5.41, 5.74) is 5.90. The lowest BCUT2D eigenvalue weighted by Gasteiger charge is -2.26. The van der Waals surface area contributed by atoms with E-state index in [2.05, 4.69) is 29.3 Å². The van der Waals surface area contributed by atoms with E-state index in [1.165, 1.54) is 51.4 Å².